The fourth-order valence-electron chi connectivity index (χ4n) is 4.81. The van der Waals surface area contributed by atoms with Gasteiger partial charge in [-0.2, -0.15) is 5.10 Å². The van der Waals surface area contributed by atoms with E-state index >= 15 is 0 Å². The van der Waals surface area contributed by atoms with Crippen LogP contribution in [0.15, 0.2) is 72.8 Å². The second-order valence-electron chi connectivity index (χ2n) is 9.56. The number of nitrogens with zero attached hydrogens (tertiary/aromatic N) is 3. The molecule has 9 heteroatoms. The quantitative estimate of drug-likeness (QED) is 0.232. The Morgan fingerprint density at radius 3 is 2.62 bits per heavy atom. The molecular weight excluding hydrogens is 516 g/mol. The molecule has 0 spiro atoms. The molecule has 40 heavy (non-hydrogen) atoms. The third kappa shape index (κ3) is 5.99. The first-order valence-corrected chi connectivity index (χ1v) is 13.3. The summed E-state index contributed by atoms with van der Waals surface area (Å²) >= 11 is 0. The number of benzene rings is 3. The van der Waals surface area contributed by atoms with Crippen molar-refractivity contribution in [3.63, 3.8) is 0 Å². The van der Waals surface area contributed by atoms with Gasteiger partial charge in [-0.05, 0) is 61.7 Å². The van der Waals surface area contributed by atoms with E-state index in [4.69, 9.17) is 19.3 Å². The van der Waals surface area contributed by atoms with E-state index < -0.39 is 11.6 Å². The Morgan fingerprint density at radius 2 is 1.93 bits per heavy atom. The lowest BCUT2D eigenvalue weighted by atomic mass is 10.1. The highest BCUT2D eigenvalue weighted by atomic mass is 19.1. The number of para-hydroxylation sites is 1. The molecule has 0 N–H and O–H groups in total. The molecule has 1 aliphatic rings. The molecule has 4 aromatic rings. The maximum atomic E-state index is 14.8. The number of ether oxygens (including phenoxy) is 3. The number of rotatable bonds is 10. The lowest BCUT2D eigenvalue weighted by Gasteiger charge is -2.26. The number of carbonyl (C=O) groups is 1. The topological polar surface area (TPSA) is 65.8 Å². The number of amides is 1. The fraction of sp³-hybridized carbons (Fsp3) is 0.290. The van der Waals surface area contributed by atoms with Gasteiger partial charge in [0.1, 0.15) is 11.6 Å². The van der Waals surface area contributed by atoms with Gasteiger partial charge >= 0.3 is 0 Å². The molecule has 0 saturated carbocycles. The monoisotopic (exact) mass is 547 g/mol. The maximum absolute atomic E-state index is 14.8. The average molecular weight is 548 g/mol. The van der Waals surface area contributed by atoms with Crippen LogP contribution in [0.4, 0.5) is 8.78 Å². The van der Waals surface area contributed by atoms with E-state index in [1.54, 1.807) is 41.0 Å². The second-order valence-corrected chi connectivity index (χ2v) is 9.56. The lowest BCUT2D eigenvalue weighted by Crippen LogP contribution is -2.37. The molecule has 1 atom stereocenters. The standard InChI is InChI=1S/C31H31F2N3O4/c1-3-28-26(20-35(19-25-13-8-16-39-25)30(37)21-9-7-12-24(17-21)38-2)31(36(34-28)23-10-5-4-6-11-23)40-29-15-14-22(32)18-27(29)33/h4-7,9-12,14-15,17-18,25H,3,8,13,16,19-20H2,1-2H3/t25-/m0/s1. The van der Waals surface area contributed by atoms with E-state index in [1.165, 1.54) is 6.07 Å². The van der Waals surface area contributed by atoms with Gasteiger partial charge in [-0.25, -0.2) is 13.5 Å². The molecule has 0 unspecified atom stereocenters. The summed E-state index contributed by atoms with van der Waals surface area (Å²) in [6, 6.07) is 19.5. The predicted molar refractivity (Wildman–Crippen MR) is 146 cm³/mol. The van der Waals surface area contributed by atoms with Gasteiger partial charge in [-0.1, -0.05) is 31.2 Å². The van der Waals surface area contributed by atoms with E-state index in [1.807, 2.05) is 37.3 Å². The molecule has 1 amide bonds. The highest BCUT2D eigenvalue weighted by Crippen LogP contribution is 2.34. The zero-order valence-electron chi connectivity index (χ0n) is 22.5. The summed E-state index contributed by atoms with van der Waals surface area (Å²) in [5, 5.41) is 4.79. The Morgan fingerprint density at radius 1 is 1.10 bits per heavy atom. The molecule has 1 fully saturated rings. The van der Waals surface area contributed by atoms with Crippen LogP contribution in [0.25, 0.3) is 5.69 Å². The van der Waals surface area contributed by atoms with E-state index in [0.717, 1.165) is 25.0 Å². The van der Waals surface area contributed by atoms with Crippen molar-refractivity contribution in [3.05, 3.63) is 101 Å². The number of hydrogen-bond acceptors (Lipinski definition) is 5. The van der Waals surface area contributed by atoms with Gasteiger partial charge in [0.2, 0.25) is 5.88 Å². The Labute approximate surface area is 231 Å². The number of aromatic nitrogens is 2. The van der Waals surface area contributed by atoms with E-state index in [2.05, 4.69) is 0 Å². The molecule has 5 rings (SSSR count). The highest BCUT2D eigenvalue weighted by Gasteiger charge is 2.29. The van der Waals surface area contributed by atoms with Crippen molar-refractivity contribution < 1.29 is 27.8 Å². The third-order valence-electron chi connectivity index (χ3n) is 6.86. The number of hydrogen-bond donors (Lipinski definition) is 0. The van der Waals surface area contributed by atoms with Crippen LogP contribution in [-0.2, 0) is 17.7 Å². The minimum atomic E-state index is -0.839. The molecule has 1 aliphatic heterocycles. The molecule has 1 saturated heterocycles. The average Bonchev–Trinajstić information content (AvgIpc) is 3.62. The lowest BCUT2D eigenvalue weighted by molar-refractivity contribution is 0.0505. The van der Waals surface area contributed by atoms with Crippen molar-refractivity contribution in [1.82, 2.24) is 14.7 Å². The van der Waals surface area contributed by atoms with Gasteiger partial charge in [0, 0.05) is 24.8 Å². The molecule has 0 radical (unpaired) electrons. The zero-order valence-corrected chi connectivity index (χ0v) is 22.5. The van der Waals surface area contributed by atoms with Crippen LogP contribution in [0.2, 0.25) is 0 Å². The number of carbonyl (C=O) groups excluding carboxylic acids is 1. The van der Waals surface area contributed by atoms with E-state index in [-0.39, 0.29) is 30.2 Å². The van der Waals surface area contributed by atoms with Crippen LogP contribution in [-0.4, -0.2) is 47.0 Å². The second kappa shape index (κ2) is 12.3. The Kier molecular flexibility index (Phi) is 8.40. The summed E-state index contributed by atoms with van der Waals surface area (Å²) in [4.78, 5) is 15.6. The molecule has 3 aromatic carbocycles. The third-order valence-corrected chi connectivity index (χ3v) is 6.86. The fourth-order valence-corrected chi connectivity index (χ4v) is 4.81. The first-order chi connectivity index (χ1) is 19.5. The number of aryl methyl sites for hydroxylation is 1. The molecular formula is C31H31F2N3O4. The summed E-state index contributed by atoms with van der Waals surface area (Å²) < 4.78 is 47.4. The normalized spacial score (nSPS) is 14.8. The largest absolute Gasteiger partial charge is 0.497 e. The Hall–Kier alpha value is -4.24. The highest BCUT2D eigenvalue weighted by molar-refractivity contribution is 5.94. The van der Waals surface area contributed by atoms with E-state index in [9.17, 15) is 13.6 Å². The van der Waals surface area contributed by atoms with Gasteiger partial charge in [0.05, 0.1) is 36.7 Å². The van der Waals surface area contributed by atoms with Gasteiger partial charge in [0.25, 0.3) is 5.91 Å². The summed E-state index contributed by atoms with van der Waals surface area (Å²) in [6.45, 7) is 3.11. The van der Waals surface area contributed by atoms with Gasteiger partial charge in [-0.3, -0.25) is 4.79 Å². The van der Waals surface area contributed by atoms with Gasteiger partial charge < -0.3 is 19.1 Å². The maximum Gasteiger partial charge on any atom is 0.254 e. The smallest absolute Gasteiger partial charge is 0.254 e. The van der Waals surface area contributed by atoms with Crippen LogP contribution in [0.3, 0.4) is 0 Å². The molecule has 0 bridgehead atoms. The van der Waals surface area contributed by atoms with Gasteiger partial charge in [-0.15, -0.1) is 0 Å². The first-order valence-electron chi connectivity index (χ1n) is 13.3. The van der Waals surface area contributed by atoms with Crippen molar-refractivity contribution in [2.75, 3.05) is 20.3 Å². The van der Waals surface area contributed by atoms with E-state index in [0.29, 0.717) is 47.8 Å². The number of methoxy groups -OCH3 is 1. The Balaban J connectivity index is 1.59. The van der Waals surface area contributed by atoms with Crippen LogP contribution < -0.4 is 9.47 Å². The predicted octanol–water partition coefficient (Wildman–Crippen LogP) is 6.34. The first kappa shape index (κ1) is 27.3. The van der Waals surface area contributed by atoms with Crippen LogP contribution >= 0.6 is 0 Å². The molecule has 208 valence electrons. The van der Waals surface area contributed by atoms with Crippen LogP contribution in [0, 0.1) is 11.6 Å². The number of halogens is 2. The summed E-state index contributed by atoms with van der Waals surface area (Å²) in [5.74, 6) is -1.07. The van der Waals surface area contributed by atoms with Crippen molar-refractivity contribution >= 4 is 5.91 Å². The van der Waals surface area contributed by atoms with Crippen molar-refractivity contribution in [2.45, 2.75) is 38.8 Å². The van der Waals surface area contributed by atoms with Crippen LogP contribution in [0.1, 0.15) is 41.4 Å². The van der Waals surface area contributed by atoms with Crippen molar-refractivity contribution in [1.29, 1.82) is 0 Å². The molecule has 7 nitrogen and oxygen atoms in total. The summed E-state index contributed by atoms with van der Waals surface area (Å²) in [6.07, 6.45) is 2.20. The van der Waals surface area contributed by atoms with Crippen molar-refractivity contribution in [2.24, 2.45) is 0 Å². The Bertz CT molecular complexity index is 1470. The molecule has 2 heterocycles. The van der Waals surface area contributed by atoms with Crippen LogP contribution in [0.5, 0.6) is 17.4 Å². The molecule has 0 aliphatic carbocycles. The summed E-state index contributed by atoms with van der Waals surface area (Å²) in [5.41, 5.74) is 2.49. The minimum absolute atomic E-state index is 0.109. The summed E-state index contributed by atoms with van der Waals surface area (Å²) in [7, 11) is 1.55. The zero-order chi connectivity index (χ0) is 28.1. The molecule has 1 aromatic heterocycles. The SMILES string of the molecule is CCc1nn(-c2ccccc2)c(Oc2ccc(F)cc2F)c1CN(C[C@@H]1CCCO1)C(=O)c1cccc(OC)c1. The van der Waals surface area contributed by atoms with Crippen molar-refractivity contribution in [3.8, 4) is 23.1 Å². The van der Waals surface area contributed by atoms with Gasteiger partial charge in [0.15, 0.2) is 11.6 Å². The minimum Gasteiger partial charge on any atom is -0.497 e.